The Labute approximate surface area is 149 Å². The Morgan fingerprint density at radius 2 is 2.20 bits per heavy atom. The lowest BCUT2D eigenvalue weighted by Crippen LogP contribution is -2.28. The molecule has 1 atom stereocenters. The van der Waals surface area contributed by atoms with E-state index in [2.05, 4.69) is 20.8 Å². The molecule has 0 fully saturated rings. The van der Waals surface area contributed by atoms with Crippen LogP contribution < -0.4 is 5.32 Å². The van der Waals surface area contributed by atoms with E-state index >= 15 is 0 Å². The predicted molar refractivity (Wildman–Crippen MR) is 94.6 cm³/mol. The van der Waals surface area contributed by atoms with Crippen molar-refractivity contribution in [3.8, 4) is 5.69 Å². The second-order valence-corrected chi connectivity index (χ2v) is 6.70. The molecule has 1 unspecified atom stereocenters. The van der Waals surface area contributed by atoms with Gasteiger partial charge in [0.25, 0.3) is 0 Å². The summed E-state index contributed by atoms with van der Waals surface area (Å²) in [7, 11) is 0. The molecule has 1 aromatic carbocycles. The van der Waals surface area contributed by atoms with Crippen LogP contribution in [0, 0.1) is 13.8 Å². The standard InChI is InChI=1S/C17H19N5O2S/c1-11-6-7-12(2)14(9-11)22-17(19-20-21-22)25-10-16(23)18-13(3)15-5-4-8-24-15/h4-9,13H,10H2,1-3H3,(H,18,23). The maximum atomic E-state index is 12.2. The van der Waals surface area contributed by atoms with Crippen molar-refractivity contribution in [2.45, 2.75) is 32.0 Å². The highest BCUT2D eigenvalue weighted by atomic mass is 32.2. The van der Waals surface area contributed by atoms with Crippen LogP contribution in [0.15, 0.2) is 46.2 Å². The number of nitrogens with zero attached hydrogens (tertiary/aromatic N) is 4. The topological polar surface area (TPSA) is 85.8 Å². The van der Waals surface area contributed by atoms with Crippen LogP contribution in [0.3, 0.4) is 0 Å². The molecule has 0 bridgehead atoms. The first-order valence-electron chi connectivity index (χ1n) is 7.86. The number of nitrogens with one attached hydrogen (secondary N) is 1. The molecule has 7 nitrogen and oxygen atoms in total. The number of amides is 1. The van der Waals surface area contributed by atoms with Gasteiger partial charge in [-0.25, -0.2) is 0 Å². The molecule has 25 heavy (non-hydrogen) atoms. The minimum absolute atomic E-state index is 0.107. The third-order valence-electron chi connectivity index (χ3n) is 3.71. The van der Waals surface area contributed by atoms with Crippen LogP contribution >= 0.6 is 11.8 Å². The van der Waals surface area contributed by atoms with Crippen molar-refractivity contribution in [1.82, 2.24) is 25.5 Å². The van der Waals surface area contributed by atoms with Crippen LogP contribution in [-0.2, 0) is 4.79 Å². The van der Waals surface area contributed by atoms with Gasteiger partial charge in [-0.05, 0) is 60.5 Å². The molecule has 3 aromatic rings. The second kappa shape index (κ2) is 7.52. The van der Waals surface area contributed by atoms with E-state index in [0.717, 1.165) is 22.6 Å². The highest BCUT2D eigenvalue weighted by Crippen LogP contribution is 2.22. The molecule has 2 aromatic heterocycles. The number of carbonyl (C=O) groups is 1. The van der Waals surface area contributed by atoms with Gasteiger partial charge in [0.05, 0.1) is 23.7 Å². The van der Waals surface area contributed by atoms with Crippen LogP contribution in [0.2, 0.25) is 0 Å². The van der Waals surface area contributed by atoms with E-state index in [1.165, 1.54) is 11.8 Å². The van der Waals surface area contributed by atoms with Crippen molar-refractivity contribution in [1.29, 1.82) is 0 Å². The number of furan rings is 1. The summed E-state index contributed by atoms with van der Waals surface area (Å²) in [6, 6.07) is 9.54. The number of thioether (sulfide) groups is 1. The number of aryl methyl sites for hydroxylation is 2. The molecule has 0 aliphatic heterocycles. The van der Waals surface area contributed by atoms with Crippen molar-refractivity contribution >= 4 is 17.7 Å². The quantitative estimate of drug-likeness (QED) is 0.683. The summed E-state index contributed by atoms with van der Waals surface area (Å²) in [6.07, 6.45) is 1.59. The molecule has 1 amide bonds. The van der Waals surface area contributed by atoms with Crippen molar-refractivity contribution < 1.29 is 9.21 Å². The third-order valence-corrected chi connectivity index (χ3v) is 4.63. The van der Waals surface area contributed by atoms with Gasteiger partial charge in [0, 0.05) is 0 Å². The fourth-order valence-electron chi connectivity index (χ4n) is 2.39. The van der Waals surface area contributed by atoms with Gasteiger partial charge in [0.1, 0.15) is 5.76 Å². The Hall–Kier alpha value is -2.61. The lowest BCUT2D eigenvalue weighted by Gasteiger charge is -2.11. The number of rotatable bonds is 6. The fourth-order valence-corrected chi connectivity index (χ4v) is 3.08. The van der Waals surface area contributed by atoms with Gasteiger partial charge in [-0.3, -0.25) is 4.79 Å². The minimum atomic E-state index is -0.182. The summed E-state index contributed by atoms with van der Waals surface area (Å²) in [5.74, 6) is 0.832. The largest absolute Gasteiger partial charge is 0.467 e. The van der Waals surface area contributed by atoms with Gasteiger partial charge in [0.2, 0.25) is 11.1 Å². The van der Waals surface area contributed by atoms with E-state index in [4.69, 9.17) is 4.42 Å². The number of hydrogen-bond donors (Lipinski definition) is 1. The molecule has 0 saturated carbocycles. The van der Waals surface area contributed by atoms with E-state index in [1.54, 1.807) is 17.0 Å². The number of benzene rings is 1. The smallest absolute Gasteiger partial charge is 0.231 e. The molecule has 0 radical (unpaired) electrons. The van der Waals surface area contributed by atoms with Crippen LogP contribution in [0.5, 0.6) is 0 Å². The van der Waals surface area contributed by atoms with Crippen LogP contribution in [0.25, 0.3) is 5.69 Å². The Morgan fingerprint density at radius 1 is 1.36 bits per heavy atom. The molecular formula is C17H19N5O2S. The summed E-state index contributed by atoms with van der Waals surface area (Å²) in [5.41, 5.74) is 3.10. The van der Waals surface area contributed by atoms with E-state index in [-0.39, 0.29) is 17.7 Å². The number of aromatic nitrogens is 4. The van der Waals surface area contributed by atoms with E-state index < -0.39 is 0 Å². The first-order chi connectivity index (χ1) is 12.0. The van der Waals surface area contributed by atoms with E-state index in [9.17, 15) is 4.79 Å². The summed E-state index contributed by atoms with van der Waals surface area (Å²) >= 11 is 1.29. The number of hydrogen-bond acceptors (Lipinski definition) is 6. The summed E-state index contributed by atoms with van der Waals surface area (Å²) < 4.78 is 6.95. The van der Waals surface area contributed by atoms with Gasteiger partial charge >= 0.3 is 0 Å². The average Bonchev–Trinajstić information content (AvgIpc) is 3.26. The Balaban J connectivity index is 1.65. The van der Waals surface area contributed by atoms with Gasteiger partial charge in [-0.15, -0.1) is 5.10 Å². The van der Waals surface area contributed by atoms with Crippen molar-refractivity contribution in [2.75, 3.05) is 5.75 Å². The number of tetrazole rings is 1. The van der Waals surface area contributed by atoms with Crippen LogP contribution in [0.1, 0.15) is 29.9 Å². The average molecular weight is 357 g/mol. The van der Waals surface area contributed by atoms with E-state index in [0.29, 0.717) is 5.16 Å². The SMILES string of the molecule is Cc1ccc(C)c(-n2nnnc2SCC(=O)NC(C)c2ccco2)c1. The minimum Gasteiger partial charge on any atom is -0.467 e. The highest BCUT2D eigenvalue weighted by Gasteiger charge is 2.15. The fraction of sp³-hybridized carbons (Fsp3) is 0.294. The zero-order valence-corrected chi connectivity index (χ0v) is 15.1. The molecule has 0 spiro atoms. The maximum Gasteiger partial charge on any atom is 0.231 e. The lowest BCUT2D eigenvalue weighted by atomic mass is 10.1. The van der Waals surface area contributed by atoms with Crippen molar-refractivity contribution in [2.24, 2.45) is 0 Å². The maximum absolute atomic E-state index is 12.2. The van der Waals surface area contributed by atoms with Crippen molar-refractivity contribution in [3.63, 3.8) is 0 Å². The normalized spacial score (nSPS) is 12.1. The Bertz CT molecular complexity index is 860. The monoisotopic (exact) mass is 357 g/mol. The molecule has 3 rings (SSSR count). The Morgan fingerprint density at radius 3 is 2.96 bits per heavy atom. The summed E-state index contributed by atoms with van der Waals surface area (Å²) in [5, 5.41) is 15.3. The lowest BCUT2D eigenvalue weighted by molar-refractivity contribution is -0.119. The first kappa shape index (κ1) is 17.2. The first-order valence-corrected chi connectivity index (χ1v) is 8.84. The van der Waals surface area contributed by atoms with Crippen LogP contribution in [-0.4, -0.2) is 31.9 Å². The summed E-state index contributed by atoms with van der Waals surface area (Å²) in [4.78, 5) is 12.2. The molecule has 1 N–H and O–H groups in total. The van der Waals surface area contributed by atoms with Gasteiger partial charge in [-0.2, -0.15) is 4.68 Å². The molecular weight excluding hydrogens is 338 g/mol. The summed E-state index contributed by atoms with van der Waals surface area (Å²) in [6.45, 7) is 5.90. The Kier molecular flexibility index (Phi) is 5.18. The molecule has 2 heterocycles. The van der Waals surface area contributed by atoms with E-state index in [1.807, 2.05) is 45.0 Å². The second-order valence-electron chi connectivity index (χ2n) is 5.76. The van der Waals surface area contributed by atoms with Crippen molar-refractivity contribution in [3.05, 3.63) is 53.5 Å². The van der Waals surface area contributed by atoms with Crippen LogP contribution in [0.4, 0.5) is 0 Å². The van der Waals surface area contributed by atoms with Gasteiger partial charge < -0.3 is 9.73 Å². The predicted octanol–water partition coefficient (Wildman–Crippen LogP) is 2.84. The molecule has 130 valence electrons. The molecule has 8 heteroatoms. The molecule has 0 saturated heterocycles. The third kappa shape index (κ3) is 4.08. The highest BCUT2D eigenvalue weighted by molar-refractivity contribution is 7.99. The van der Waals surface area contributed by atoms with Gasteiger partial charge in [0.15, 0.2) is 0 Å². The zero-order valence-electron chi connectivity index (χ0n) is 14.3. The number of carbonyl (C=O) groups excluding carboxylic acids is 1. The molecule has 0 aliphatic rings. The molecule has 0 aliphatic carbocycles. The van der Waals surface area contributed by atoms with Gasteiger partial charge in [-0.1, -0.05) is 23.9 Å². The zero-order chi connectivity index (χ0) is 17.8.